The Morgan fingerprint density at radius 3 is 2.77 bits per heavy atom. The van der Waals surface area contributed by atoms with Gasteiger partial charge in [0.2, 0.25) is 5.91 Å². The van der Waals surface area contributed by atoms with Gasteiger partial charge in [-0.2, -0.15) is 0 Å². The second-order valence-corrected chi connectivity index (χ2v) is 6.45. The van der Waals surface area contributed by atoms with Crippen LogP contribution in [0.15, 0.2) is 42.6 Å². The normalized spacial score (nSPS) is 19.8. The summed E-state index contributed by atoms with van der Waals surface area (Å²) in [4.78, 5) is 18.5. The minimum absolute atomic E-state index is 0.0333. The summed E-state index contributed by atoms with van der Waals surface area (Å²) in [6.07, 6.45) is 2.60. The average molecular weight is 335 g/mol. The highest BCUT2D eigenvalue weighted by Gasteiger charge is 2.45. The molecule has 2 aromatic rings. The van der Waals surface area contributed by atoms with E-state index in [9.17, 15) is 4.79 Å². The molecule has 0 bridgehead atoms. The lowest BCUT2D eigenvalue weighted by Crippen LogP contribution is -2.28. The summed E-state index contributed by atoms with van der Waals surface area (Å²) in [6, 6.07) is 11.3. The number of amides is 1. The molecule has 0 N–H and O–H groups in total. The molecule has 22 heavy (non-hydrogen) atoms. The van der Waals surface area contributed by atoms with Gasteiger partial charge in [-0.1, -0.05) is 35.3 Å². The van der Waals surface area contributed by atoms with Gasteiger partial charge in [0.15, 0.2) is 0 Å². The number of benzene rings is 1. The Morgan fingerprint density at radius 1 is 1.27 bits per heavy atom. The maximum atomic E-state index is 12.5. The van der Waals surface area contributed by atoms with E-state index >= 15 is 0 Å². The Kier molecular flexibility index (Phi) is 4.37. The van der Waals surface area contributed by atoms with Crippen LogP contribution in [0.2, 0.25) is 10.0 Å². The maximum absolute atomic E-state index is 12.5. The highest BCUT2D eigenvalue weighted by molar-refractivity contribution is 6.42. The van der Waals surface area contributed by atoms with E-state index in [1.807, 2.05) is 37.4 Å². The van der Waals surface area contributed by atoms with E-state index < -0.39 is 0 Å². The standard InChI is InChI=1S/C17H16Cl2N2O/c1-21(10-12-4-2-3-7-20-12)17(22)14-9-13(14)11-5-6-15(18)16(19)8-11/h2-8,13-14H,9-10H2,1H3/t13-,14+/m0/s1. The molecule has 0 radical (unpaired) electrons. The molecule has 1 aromatic carbocycles. The summed E-state index contributed by atoms with van der Waals surface area (Å²) in [5.74, 6) is 0.432. The van der Waals surface area contributed by atoms with Crippen molar-refractivity contribution in [2.24, 2.45) is 5.92 Å². The zero-order chi connectivity index (χ0) is 15.7. The molecule has 0 unspecified atom stereocenters. The Balaban J connectivity index is 1.63. The molecule has 1 fully saturated rings. The summed E-state index contributed by atoms with van der Waals surface area (Å²) in [6.45, 7) is 0.532. The molecule has 1 aliphatic rings. The predicted molar refractivity (Wildman–Crippen MR) is 88.0 cm³/mol. The number of halogens is 2. The van der Waals surface area contributed by atoms with Gasteiger partial charge in [0, 0.05) is 19.2 Å². The molecule has 0 aliphatic heterocycles. The van der Waals surface area contributed by atoms with Crippen molar-refractivity contribution >= 4 is 29.1 Å². The number of hydrogen-bond acceptors (Lipinski definition) is 2. The molecule has 3 nitrogen and oxygen atoms in total. The zero-order valence-electron chi connectivity index (χ0n) is 12.2. The first-order chi connectivity index (χ1) is 10.6. The van der Waals surface area contributed by atoms with E-state index in [0.717, 1.165) is 17.7 Å². The quantitative estimate of drug-likeness (QED) is 0.841. The van der Waals surface area contributed by atoms with Crippen LogP contribution in [-0.4, -0.2) is 22.8 Å². The lowest BCUT2D eigenvalue weighted by Gasteiger charge is -2.16. The number of carbonyl (C=O) groups is 1. The lowest BCUT2D eigenvalue weighted by atomic mass is 10.1. The van der Waals surface area contributed by atoms with Gasteiger partial charge in [0.05, 0.1) is 22.3 Å². The van der Waals surface area contributed by atoms with Gasteiger partial charge in [-0.05, 0) is 42.2 Å². The van der Waals surface area contributed by atoms with Crippen molar-refractivity contribution in [1.29, 1.82) is 0 Å². The van der Waals surface area contributed by atoms with Crippen LogP contribution < -0.4 is 0 Å². The van der Waals surface area contributed by atoms with E-state index in [1.165, 1.54) is 0 Å². The van der Waals surface area contributed by atoms with E-state index in [-0.39, 0.29) is 17.7 Å². The minimum Gasteiger partial charge on any atom is -0.340 e. The highest BCUT2D eigenvalue weighted by atomic mass is 35.5. The molecule has 1 amide bonds. The first-order valence-corrected chi connectivity index (χ1v) is 7.91. The number of carbonyl (C=O) groups excluding carboxylic acids is 1. The fraction of sp³-hybridized carbons (Fsp3) is 0.294. The van der Waals surface area contributed by atoms with Crippen molar-refractivity contribution in [3.8, 4) is 0 Å². The molecular weight excluding hydrogens is 319 g/mol. The van der Waals surface area contributed by atoms with E-state index in [4.69, 9.17) is 23.2 Å². The molecule has 1 aliphatic carbocycles. The number of hydrogen-bond donors (Lipinski definition) is 0. The van der Waals surface area contributed by atoms with Gasteiger partial charge in [-0.3, -0.25) is 9.78 Å². The van der Waals surface area contributed by atoms with Crippen molar-refractivity contribution in [1.82, 2.24) is 9.88 Å². The van der Waals surface area contributed by atoms with Crippen LogP contribution in [-0.2, 0) is 11.3 Å². The molecule has 114 valence electrons. The van der Waals surface area contributed by atoms with Crippen LogP contribution in [0.4, 0.5) is 0 Å². The van der Waals surface area contributed by atoms with Gasteiger partial charge in [0.25, 0.3) is 0 Å². The number of aromatic nitrogens is 1. The Bertz CT molecular complexity index is 690. The van der Waals surface area contributed by atoms with Gasteiger partial charge < -0.3 is 4.90 Å². The highest BCUT2D eigenvalue weighted by Crippen LogP contribution is 2.49. The molecule has 0 spiro atoms. The predicted octanol–water partition coefficient (Wildman–Crippen LogP) is 4.15. The maximum Gasteiger partial charge on any atom is 0.226 e. The van der Waals surface area contributed by atoms with Crippen molar-refractivity contribution in [2.45, 2.75) is 18.9 Å². The summed E-state index contributed by atoms with van der Waals surface area (Å²) < 4.78 is 0. The van der Waals surface area contributed by atoms with Crippen LogP contribution in [0.25, 0.3) is 0 Å². The van der Waals surface area contributed by atoms with Crippen LogP contribution in [0.3, 0.4) is 0 Å². The molecular formula is C17H16Cl2N2O. The van der Waals surface area contributed by atoms with Crippen LogP contribution in [0.1, 0.15) is 23.6 Å². The summed E-state index contributed by atoms with van der Waals surface area (Å²) >= 11 is 12.0. The summed E-state index contributed by atoms with van der Waals surface area (Å²) in [5.41, 5.74) is 1.98. The Morgan fingerprint density at radius 2 is 2.09 bits per heavy atom. The fourth-order valence-corrected chi connectivity index (χ4v) is 2.98. The smallest absolute Gasteiger partial charge is 0.226 e. The number of nitrogens with zero attached hydrogens (tertiary/aromatic N) is 2. The van der Waals surface area contributed by atoms with Gasteiger partial charge in [-0.25, -0.2) is 0 Å². The van der Waals surface area contributed by atoms with Crippen LogP contribution in [0, 0.1) is 5.92 Å². The molecule has 2 atom stereocenters. The number of rotatable bonds is 4. The Labute approximate surface area is 139 Å². The van der Waals surface area contributed by atoms with Crippen LogP contribution in [0.5, 0.6) is 0 Å². The first kappa shape index (κ1) is 15.3. The average Bonchev–Trinajstić information content (AvgIpc) is 3.31. The van der Waals surface area contributed by atoms with Crippen molar-refractivity contribution < 1.29 is 4.79 Å². The lowest BCUT2D eigenvalue weighted by molar-refractivity contribution is -0.131. The molecule has 1 aromatic heterocycles. The Hall–Kier alpha value is -1.58. The SMILES string of the molecule is CN(Cc1ccccn1)C(=O)[C@@H]1C[C@H]1c1ccc(Cl)c(Cl)c1. The third-order valence-electron chi connectivity index (χ3n) is 3.98. The van der Waals surface area contributed by atoms with Gasteiger partial charge in [-0.15, -0.1) is 0 Å². The van der Waals surface area contributed by atoms with E-state index in [0.29, 0.717) is 16.6 Å². The molecule has 1 saturated carbocycles. The fourth-order valence-electron chi connectivity index (χ4n) is 2.67. The largest absolute Gasteiger partial charge is 0.340 e. The summed E-state index contributed by atoms with van der Waals surface area (Å²) in [5, 5.41) is 1.08. The van der Waals surface area contributed by atoms with Crippen LogP contribution >= 0.6 is 23.2 Å². The zero-order valence-corrected chi connectivity index (χ0v) is 13.7. The van der Waals surface area contributed by atoms with Crippen molar-refractivity contribution in [3.05, 3.63) is 63.9 Å². The first-order valence-electron chi connectivity index (χ1n) is 7.16. The third kappa shape index (κ3) is 3.26. The minimum atomic E-state index is 0.0333. The second kappa shape index (κ2) is 6.27. The molecule has 5 heteroatoms. The molecule has 0 saturated heterocycles. The molecule has 3 rings (SSSR count). The van der Waals surface area contributed by atoms with E-state index in [1.54, 1.807) is 17.2 Å². The van der Waals surface area contributed by atoms with Gasteiger partial charge >= 0.3 is 0 Å². The molecule has 1 heterocycles. The van der Waals surface area contributed by atoms with E-state index in [2.05, 4.69) is 4.98 Å². The topological polar surface area (TPSA) is 33.2 Å². The van der Waals surface area contributed by atoms with Crippen molar-refractivity contribution in [3.63, 3.8) is 0 Å². The summed E-state index contributed by atoms with van der Waals surface area (Å²) in [7, 11) is 1.82. The third-order valence-corrected chi connectivity index (χ3v) is 4.72. The second-order valence-electron chi connectivity index (χ2n) is 5.64. The van der Waals surface area contributed by atoms with Crippen molar-refractivity contribution in [2.75, 3.05) is 7.05 Å². The monoisotopic (exact) mass is 334 g/mol. The van der Waals surface area contributed by atoms with Gasteiger partial charge in [0.1, 0.15) is 0 Å². The number of pyridine rings is 1.